The summed E-state index contributed by atoms with van der Waals surface area (Å²) >= 11 is 0. The number of amides is 1. The predicted octanol–water partition coefficient (Wildman–Crippen LogP) is 2.60. The van der Waals surface area contributed by atoms with Gasteiger partial charge in [-0.05, 0) is 18.9 Å². The van der Waals surface area contributed by atoms with Crippen LogP contribution in [-0.4, -0.2) is 45.4 Å². The van der Waals surface area contributed by atoms with Gasteiger partial charge in [0.05, 0.1) is 42.0 Å². The van der Waals surface area contributed by atoms with Crippen LogP contribution >= 0.6 is 0 Å². The molecule has 2 aromatic heterocycles. The van der Waals surface area contributed by atoms with E-state index in [0.717, 1.165) is 29.9 Å². The number of carbonyl (C=O) groups is 1. The van der Waals surface area contributed by atoms with E-state index in [-0.39, 0.29) is 5.91 Å². The molecule has 1 saturated carbocycles. The first-order valence-corrected chi connectivity index (χ1v) is 8.50. The number of methoxy groups -OCH3 is 1. The molecule has 1 aliphatic rings. The third kappa shape index (κ3) is 3.67. The van der Waals surface area contributed by atoms with E-state index >= 15 is 0 Å². The van der Waals surface area contributed by atoms with E-state index < -0.39 is 0 Å². The van der Waals surface area contributed by atoms with Gasteiger partial charge in [0, 0.05) is 20.1 Å². The second-order valence-corrected chi connectivity index (χ2v) is 6.51. The smallest absolute Gasteiger partial charge is 0.257 e. The number of rotatable bonds is 6. The first-order chi connectivity index (χ1) is 11.7. The molecule has 2 N–H and O–H groups in total. The summed E-state index contributed by atoms with van der Waals surface area (Å²) in [5.74, 6) is 0.418. The SMILES string of the molecule is COCc1cc(CN(C)C(=O)c2cn[nH]c2C2CCCCC2)[nH]n1. The molecule has 0 spiro atoms. The molecular weight excluding hydrogens is 306 g/mol. The van der Waals surface area contributed by atoms with Crippen LogP contribution in [-0.2, 0) is 17.9 Å². The monoisotopic (exact) mass is 331 g/mol. The highest BCUT2D eigenvalue weighted by Crippen LogP contribution is 2.33. The van der Waals surface area contributed by atoms with Crippen molar-refractivity contribution in [3.8, 4) is 0 Å². The van der Waals surface area contributed by atoms with Gasteiger partial charge in [-0.2, -0.15) is 10.2 Å². The fraction of sp³-hybridized carbons (Fsp3) is 0.588. The summed E-state index contributed by atoms with van der Waals surface area (Å²) in [6.07, 6.45) is 7.66. The fourth-order valence-electron chi connectivity index (χ4n) is 3.41. The Balaban J connectivity index is 1.68. The Hall–Kier alpha value is -2.15. The Morgan fingerprint density at radius 3 is 2.88 bits per heavy atom. The Labute approximate surface area is 141 Å². The fourth-order valence-corrected chi connectivity index (χ4v) is 3.41. The lowest BCUT2D eigenvalue weighted by molar-refractivity contribution is 0.0781. The topological polar surface area (TPSA) is 86.9 Å². The van der Waals surface area contributed by atoms with Crippen LogP contribution in [0.4, 0.5) is 0 Å². The lowest BCUT2D eigenvalue weighted by Gasteiger charge is -2.22. The summed E-state index contributed by atoms with van der Waals surface area (Å²) in [5, 5.41) is 14.3. The molecule has 0 unspecified atom stereocenters. The van der Waals surface area contributed by atoms with Gasteiger partial charge in [-0.3, -0.25) is 15.0 Å². The normalized spacial score (nSPS) is 15.6. The molecular formula is C17H25N5O2. The van der Waals surface area contributed by atoms with Crippen LogP contribution in [0.1, 0.15) is 65.5 Å². The summed E-state index contributed by atoms with van der Waals surface area (Å²) < 4.78 is 5.06. The van der Waals surface area contributed by atoms with Gasteiger partial charge >= 0.3 is 0 Å². The van der Waals surface area contributed by atoms with E-state index in [0.29, 0.717) is 24.6 Å². The van der Waals surface area contributed by atoms with E-state index in [2.05, 4.69) is 20.4 Å². The first-order valence-electron chi connectivity index (χ1n) is 8.50. The number of hydrogen-bond donors (Lipinski definition) is 2. The van der Waals surface area contributed by atoms with E-state index in [4.69, 9.17) is 4.74 Å². The largest absolute Gasteiger partial charge is 0.378 e. The molecule has 2 aromatic rings. The van der Waals surface area contributed by atoms with Crippen molar-refractivity contribution < 1.29 is 9.53 Å². The van der Waals surface area contributed by atoms with Crippen LogP contribution in [0.15, 0.2) is 12.3 Å². The van der Waals surface area contributed by atoms with E-state index in [1.54, 1.807) is 25.3 Å². The lowest BCUT2D eigenvalue weighted by Crippen LogP contribution is -2.27. The zero-order valence-electron chi connectivity index (χ0n) is 14.3. The van der Waals surface area contributed by atoms with Crippen molar-refractivity contribution in [3.05, 3.63) is 34.9 Å². The van der Waals surface area contributed by atoms with Crippen LogP contribution in [0.2, 0.25) is 0 Å². The number of aromatic nitrogens is 4. The minimum Gasteiger partial charge on any atom is -0.378 e. The second kappa shape index (κ2) is 7.61. The minimum absolute atomic E-state index is 0.00721. The molecule has 0 bridgehead atoms. The van der Waals surface area contributed by atoms with Crippen LogP contribution in [0, 0.1) is 0 Å². The second-order valence-electron chi connectivity index (χ2n) is 6.51. The number of aromatic amines is 2. The summed E-state index contributed by atoms with van der Waals surface area (Å²) in [6.45, 7) is 0.937. The molecule has 0 saturated heterocycles. The van der Waals surface area contributed by atoms with Crippen molar-refractivity contribution >= 4 is 5.91 Å². The Bertz CT molecular complexity index is 672. The van der Waals surface area contributed by atoms with Crippen molar-refractivity contribution in [2.24, 2.45) is 0 Å². The van der Waals surface area contributed by atoms with Crippen molar-refractivity contribution in [1.82, 2.24) is 25.3 Å². The number of H-pyrrole nitrogens is 2. The number of hydrogen-bond acceptors (Lipinski definition) is 4. The lowest BCUT2D eigenvalue weighted by atomic mass is 9.85. The Morgan fingerprint density at radius 1 is 1.33 bits per heavy atom. The third-order valence-corrected chi connectivity index (χ3v) is 4.64. The summed E-state index contributed by atoms with van der Waals surface area (Å²) in [7, 11) is 3.44. The predicted molar refractivity (Wildman–Crippen MR) is 89.5 cm³/mol. The highest BCUT2D eigenvalue weighted by atomic mass is 16.5. The number of nitrogens with one attached hydrogen (secondary N) is 2. The maximum absolute atomic E-state index is 12.8. The van der Waals surface area contributed by atoms with Crippen molar-refractivity contribution in [3.63, 3.8) is 0 Å². The van der Waals surface area contributed by atoms with Gasteiger partial charge in [0.15, 0.2) is 0 Å². The van der Waals surface area contributed by atoms with Crippen molar-refractivity contribution in [2.45, 2.75) is 51.2 Å². The Kier molecular flexibility index (Phi) is 5.30. The molecule has 0 aliphatic heterocycles. The molecule has 130 valence electrons. The maximum atomic E-state index is 12.8. The molecule has 1 fully saturated rings. The van der Waals surface area contributed by atoms with Gasteiger partial charge in [-0.1, -0.05) is 19.3 Å². The molecule has 1 aliphatic carbocycles. The average molecular weight is 331 g/mol. The molecule has 3 rings (SSSR count). The molecule has 7 heteroatoms. The van der Waals surface area contributed by atoms with Crippen molar-refractivity contribution in [1.29, 1.82) is 0 Å². The summed E-state index contributed by atoms with van der Waals surface area (Å²) in [4.78, 5) is 14.5. The molecule has 24 heavy (non-hydrogen) atoms. The number of ether oxygens (including phenoxy) is 1. The van der Waals surface area contributed by atoms with Crippen LogP contribution in [0.3, 0.4) is 0 Å². The zero-order valence-corrected chi connectivity index (χ0v) is 14.3. The van der Waals surface area contributed by atoms with Crippen LogP contribution in [0.25, 0.3) is 0 Å². The molecule has 2 heterocycles. The maximum Gasteiger partial charge on any atom is 0.257 e. The van der Waals surface area contributed by atoms with Crippen LogP contribution in [0.5, 0.6) is 0 Å². The van der Waals surface area contributed by atoms with Crippen molar-refractivity contribution in [2.75, 3.05) is 14.2 Å². The quantitative estimate of drug-likeness (QED) is 0.852. The zero-order chi connectivity index (χ0) is 16.9. The van der Waals surface area contributed by atoms with Gasteiger partial charge in [0.1, 0.15) is 0 Å². The van der Waals surface area contributed by atoms with Crippen LogP contribution < -0.4 is 0 Å². The minimum atomic E-state index is -0.00721. The standard InChI is InChI=1S/C17H25N5O2/c1-22(10-13-8-14(11-24-2)20-19-13)17(23)15-9-18-21-16(15)12-6-4-3-5-7-12/h8-9,12H,3-7,10-11H2,1-2H3,(H,18,21)(H,19,20). The highest BCUT2D eigenvalue weighted by Gasteiger charge is 2.25. The first kappa shape index (κ1) is 16.7. The molecule has 0 radical (unpaired) electrons. The van der Waals surface area contributed by atoms with Gasteiger partial charge in [0.25, 0.3) is 5.91 Å². The summed E-state index contributed by atoms with van der Waals surface area (Å²) in [5.41, 5.74) is 3.41. The number of carbonyl (C=O) groups excluding carboxylic acids is 1. The van der Waals surface area contributed by atoms with E-state index in [9.17, 15) is 4.79 Å². The summed E-state index contributed by atoms with van der Waals surface area (Å²) in [6, 6.07) is 1.92. The number of nitrogens with zero attached hydrogens (tertiary/aromatic N) is 3. The third-order valence-electron chi connectivity index (χ3n) is 4.64. The molecule has 0 aromatic carbocycles. The highest BCUT2D eigenvalue weighted by molar-refractivity contribution is 5.95. The van der Waals surface area contributed by atoms with Gasteiger partial charge < -0.3 is 9.64 Å². The van der Waals surface area contributed by atoms with E-state index in [1.807, 2.05) is 6.07 Å². The molecule has 0 atom stereocenters. The van der Waals surface area contributed by atoms with E-state index in [1.165, 1.54) is 19.3 Å². The molecule has 7 nitrogen and oxygen atoms in total. The van der Waals surface area contributed by atoms with Gasteiger partial charge in [0.2, 0.25) is 0 Å². The van der Waals surface area contributed by atoms with Gasteiger partial charge in [-0.25, -0.2) is 0 Å². The average Bonchev–Trinajstić information content (AvgIpc) is 3.25. The Morgan fingerprint density at radius 2 is 2.12 bits per heavy atom. The van der Waals surface area contributed by atoms with Gasteiger partial charge in [-0.15, -0.1) is 0 Å². The molecule has 1 amide bonds.